The Morgan fingerprint density at radius 1 is 1.24 bits per heavy atom. The average molecular weight is 305 g/mol. The van der Waals surface area contributed by atoms with Crippen molar-refractivity contribution in [3.05, 3.63) is 24.3 Å². The summed E-state index contributed by atoms with van der Waals surface area (Å²) in [6.45, 7) is 12.5. The van der Waals surface area contributed by atoms with Crippen molar-refractivity contribution in [3.8, 4) is 0 Å². The number of fused-ring (bicyclic) bond motifs is 1. The fourth-order valence-electron chi connectivity index (χ4n) is 3.57. The van der Waals surface area contributed by atoms with Crippen molar-refractivity contribution < 1.29 is 9.53 Å². The van der Waals surface area contributed by atoms with Gasteiger partial charge >= 0.3 is 6.09 Å². The quantitative estimate of drug-likeness (QED) is 0.771. The summed E-state index contributed by atoms with van der Waals surface area (Å²) >= 11 is 0. The van der Waals surface area contributed by atoms with Crippen LogP contribution in [0.25, 0.3) is 0 Å². The lowest BCUT2D eigenvalue weighted by atomic mass is 10.2. The van der Waals surface area contributed by atoms with Crippen LogP contribution < -0.4 is 10.1 Å². The van der Waals surface area contributed by atoms with Crippen molar-refractivity contribution in [3.63, 3.8) is 0 Å². The van der Waals surface area contributed by atoms with Crippen LogP contribution in [-0.2, 0) is 4.74 Å². The first-order valence-electron chi connectivity index (χ1n) is 7.88. The van der Waals surface area contributed by atoms with Gasteiger partial charge in [-0.05, 0) is 38.9 Å². The van der Waals surface area contributed by atoms with Crippen LogP contribution in [0.15, 0.2) is 24.3 Å². The smallest absolute Gasteiger partial charge is 0.414 e. The second-order valence-electron chi connectivity index (χ2n) is 6.91. The van der Waals surface area contributed by atoms with Crippen LogP contribution in [0, 0.1) is 0 Å². The minimum Gasteiger partial charge on any atom is -0.443 e. The number of amides is 1. The second kappa shape index (κ2) is 5.48. The van der Waals surface area contributed by atoms with Crippen LogP contribution in [0.3, 0.4) is 0 Å². The van der Waals surface area contributed by atoms with Crippen molar-refractivity contribution in [2.45, 2.75) is 64.9 Å². The van der Waals surface area contributed by atoms with Gasteiger partial charge < -0.3 is 4.74 Å². The van der Waals surface area contributed by atoms with E-state index in [1.165, 1.54) is 5.19 Å². The van der Waals surface area contributed by atoms with Gasteiger partial charge in [-0.25, -0.2) is 4.79 Å². The highest BCUT2D eigenvalue weighted by molar-refractivity contribution is 6.96. The molecule has 1 heterocycles. The molecule has 0 spiro atoms. The monoisotopic (exact) mass is 305 g/mol. The lowest BCUT2D eigenvalue weighted by molar-refractivity contribution is 0.0578. The summed E-state index contributed by atoms with van der Waals surface area (Å²) in [5.74, 6) is 0. The Kier molecular flexibility index (Phi) is 4.20. The van der Waals surface area contributed by atoms with E-state index < -0.39 is 13.7 Å². The number of nitrogens with zero attached hydrogens (tertiary/aromatic N) is 1. The van der Waals surface area contributed by atoms with Gasteiger partial charge in [-0.15, -0.1) is 0 Å². The molecule has 0 saturated carbocycles. The van der Waals surface area contributed by atoms with Crippen LogP contribution in [-0.4, -0.2) is 25.4 Å². The highest BCUT2D eigenvalue weighted by Gasteiger charge is 2.51. The molecule has 1 aliphatic heterocycles. The maximum absolute atomic E-state index is 12.7. The molecule has 1 amide bonds. The van der Waals surface area contributed by atoms with Crippen molar-refractivity contribution in [1.29, 1.82) is 0 Å². The molecule has 0 N–H and O–H groups in total. The van der Waals surface area contributed by atoms with Gasteiger partial charge in [-0.2, -0.15) is 0 Å². The summed E-state index contributed by atoms with van der Waals surface area (Å²) < 4.78 is 5.64. The van der Waals surface area contributed by atoms with Gasteiger partial charge in [-0.1, -0.05) is 44.1 Å². The van der Waals surface area contributed by atoms with E-state index in [1.54, 1.807) is 0 Å². The Morgan fingerprint density at radius 3 is 2.33 bits per heavy atom. The highest BCUT2D eigenvalue weighted by atomic mass is 28.3. The van der Waals surface area contributed by atoms with Gasteiger partial charge in [0.1, 0.15) is 13.7 Å². The lowest BCUT2D eigenvalue weighted by Gasteiger charge is -2.34. The first kappa shape index (κ1) is 16.1. The molecule has 0 bridgehead atoms. The molecule has 21 heavy (non-hydrogen) atoms. The largest absolute Gasteiger partial charge is 0.443 e. The maximum Gasteiger partial charge on any atom is 0.414 e. The molecule has 1 aromatic carbocycles. The number of ether oxygens (including phenoxy) is 1. The van der Waals surface area contributed by atoms with Crippen molar-refractivity contribution in [2.24, 2.45) is 0 Å². The summed E-state index contributed by atoms with van der Waals surface area (Å²) in [6, 6.07) is 10.7. The van der Waals surface area contributed by atoms with Gasteiger partial charge in [0.2, 0.25) is 0 Å². The van der Waals surface area contributed by atoms with E-state index >= 15 is 0 Å². The van der Waals surface area contributed by atoms with E-state index in [-0.39, 0.29) is 11.8 Å². The Labute approximate surface area is 129 Å². The van der Waals surface area contributed by atoms with E-state index in [2.05, 4.69) is 39.0 Å². The van der Waals surface area contributed by atoms with Crippen LogP contribution >= 0.6 is 0 Å². The van der Waals surface area contributed by atoms with Gasteiger partial charge in [0, 0.05) is 11.4 Å². The molecule has 3 nitrogen and oxygen atoms in total. The standard InChI is InChI=1S/C17H27NO2Si/c1-7-21(8-2)13(3)18(16(19)20-17(4,5)6)14-11-9-10-12-15(14)21/h9-13H,7-8H2,1-6H3. The SMILES string of the molecule is CC[Si]1(CC)c2ccccc2N(C(=O)OC(C)(C)C)C1C. The number of para-hydroxylation sites is 1. The summed E-state index contributed by atoms with van der Waals surface area (Å²) in [6.07, 6.45) is -0.210. The summed E-state index contributed by atoms with van der Waals surface area (Å²) in [5, 5.41) is 1.41. The van der Waals surface area contributed by atoms with E-state index in [4.69, 9.17) is 4.74 Å². The highest BCUT2D eigenvalue weighted by Crippen LogP contribution is 2.36. The number of rotatable bonds is 2. The first-order chi connectivity index (χ1) is 9.77. The summed E-state index contributed by atoms with van der Waals surface area (Å²) in [5.41, 5.74) is 0.853. The molecule has 0 saturated heterocycles. The third-order valence-electron chi connectivity index (χ3n) is 4.74. The molecule has 1 atom stereocenters. The van der Waals surface area contributed by atoms with Crippen LogP contribution in [0.5, 0.6) is 0 Å². The predicted molar refractivity (Wildman–Crippen MR) is 91.0 cm³/mol. The topological polar surface area (TPSA) is 29.5 Å². The van der Waals surface area contributed by atoms with Gasteiger partial charge in [0.15, 0.2) is 0 Å². The minimum atomic E-state index is -1.68. The lowest BCUT2D eigenvalue weighted by Crippen LogP contribution is -2.56. The van der Waals surface area contributed by atoms with E-state index in [0.717, 1.165) is 17.8 Å². The number of anilines is 1. The van der Waals surface area contributed by atoms with Crippen molar-refractivity contribution in [2.75, 3.05) is 4.90 Å². The number of hydrogen-bond acceptors (Lipinski definition) is 2. The zero-order chi connectivity index (χ0) is 15.8. The number of carbonyl (C=O) groups excluding carboxylic acids is 1. The third kappa shape index (κ3) is 2.61. The summed E-state index contributed by atoms with van der Waals surface area (Å²) in [4.78, 5) is 14.6. The molecule has 1 aromatic rings. The van der Waals surface area contributed by atoms with E-state index in [0.29, 0.717) is 0 Å². The Morgan fingerprint density at radius 2 is 1.81 bits per heavy atom. The molecule has 4 heteroatoms. The zero-order valence-electron chi connectivity index (χ0n) is 14.1. The van der Waals surface area contributed by atoms with Gasteiger partial charge in [-0.3, -0.25) is 4.90 Å². The fourth-order valence-corrected chi connectivity index (χ4v) is 8.35. The summed E-state index contributed by atoms with van der Waals surface area (Å²) in [7, 11) is -1.68. The number of carbonyl (C=O) groups is 1. The van der Waals surface area contributed by atoms with E-state index in [9.17, 15) is 4.79 Å². The molecule has 0 radical (unpaired) electrons. The van der Waals surface area contributed by atoms with Crippen molar-refractivity contribution in [1.82, 2.24) is 0 Å². The molecule has 116 valence electrons. The minimum absolute atomic E-state index is 0.210. The first-order valence-corrected chi connectivity index (χ1v) is 10.4. The Bertz CT molecular complexity index is 532. The Balaban J connectivity index is 2.47. The van der Waals surface area contributed by atoms with Gasteiger partial charge in [0.25, 0.3) is 0 Å². The molecule has 1 unspecified atom stereocenters. The fraction of sp³-hybridized carbons (Fsp3) is 0.588. The van der Waals surface area contributed by atoms with Gasteiger partial charge in [0.05, 0.1) is 0 Å². The molecular weight excluding hydrogens is 278 g/mol. The average Bonchev–Trinajstić information content (AvgIpc) is 2.65. The van der Waals surface area contributed by atoms with Crippen LogP contribution in [0.1, 0.15) is 41.5 Å². The normalized spacial score (nSPS) is 20.3. The predicted octanol–water partition coefficient (Wildman–Crippen LogP) is 4.07. The molecule has 0 aliphatic carbocycles. The zero-order valence-corrected chi connectivity index (χ0v) is 15.1. The Hall–Kier alpha value is -1.29. The molecule has 0 fully saturated rings. The van der Waals surface area contributed by atoms with Crippen LogP contribution in [0.2, 0.25) is 12.1 Å². The number of benzene rings is 1. The molecule has 1 aliphatic rings. The number of hydrogen-bond donors (Lipinski definition) is 0. The van der Waals surface area contributed by atoms with Crippen LogP contribution in [0.4, 0.5) is 10.5 Å². The third-order valence-corrected chi connectivity index (χ3v) is 10.6. The second-order valence-corrected chi connectivity index (χ2v) is 12.0. The molecule has 0 aromatic heterocycles. The van der Waals surface area contributed by atoms with Crippen molar-refractivity contribution >= 4 is 25.0 Å². The molecule has 2 rings (SSSR count). The van der Waals surface area contributed by atoms with E-state index in [1.807, 2.05) is 31.7 Å². The molecular formula is C17H27NO2Si. The maximum atomic E-state index is 12.7.